The average molecular weight is 551 g/mol. The lowest BCUT2D eigenvalue weighted by atomic mass is 10.0. The molecule has 2 aromatic carbocycles. The Morgan fingerprint density at radius 1 is 1.16 bits per heavy atom. The van der Waals surface area contributed by atoms with Gasteiger partial charge in [0.15, 0.2) is 0 Å². The number of nitriles is 1. The second-order valence-electron chi connectivity index (χ2n) is 7.84. The molecule has 3 aromatic rings. The number of fused-ring (bicyclic) bond motifs is 1. The molecule has 190 valence electrons. The van der Waals surface area contributed by atoms with Crippen LogP contribution in [0.3, 0.4) is 0 Å². The molecule has 0 spiro atoms. The van der Waals surface area contributed by atoms with Crippen LogP contribution in [0, 0.1) is 16.9 Å². The van der Waals surface area contributed by atoms with Crippen LogP contribution < -0.4 is 10.7 Å². The van der Waals surface area contributed by atoms with E-state index < -0.39 is 37.2 Å². The minimum atomic E-state index is -4.83. The molecule has 2 heterocycles. The van der Waals surface area contributed by atoms with Crippen LogP contribution in [0.25, 0.3) is 11.3 Å². The Balaban J connectivity index is 1.78. The van der Waals surface area contributed by atoms with E-state index in [1.165, 1.54) is 42.5 Å². The largest absolute Gasteiger partial charge is 0.410 e. The SMILES string of the molecule is N#Cc1ccc(NC(=O)N2Cc3c(C(=O)NN=N)c(-c4ccc(Cl)c(Cl)c4)nn3CC2C(F)(F)F)cc1. The van der Waals surface area contributed by atoms with Gasteiger partial charge < -0.3 is 10.2 Å². The summed E-state index contributed by atoms with van der Waals surface area (Å²) in [6.45, 7) is -1.43. The first-order chi connectivity index (χ1) is 17.5. The van der Waals surface area contributed by atoms with E-state index in [-0.39, 0.29) is 38.2 Å². The number of benzene rings is 2. The van der Waals surface area contributed by atoms with Gasteiger partial charge in [-0.25, -0.2) is 10.2 Å². The summed E-state index contributed by atoms with van der Waals surface area (Å²) >= 11 is 12.0. The molecule has 1 aliphatic rings. The summed E-state index contributed by atoms with van der Waals surface area (Å²) in [6.07, 6.45) is -4.83. The van der Waals surface area contributed by atoms with E-state index in [2.05, 4.69) is 15.6 Å². The second kappa shape index (κ2) is 10.1. The van der Waals surface area contributed by atoms with Gasteiger partial charge in [-0.1, -0.05) is 34.5 Å². The predicted octanol–water partition coefficient (Wildman–Crippen LogP) is 5.38. The third kappa shape index (κ3) is 5.20. The van der Waals surface area contributed by atoms with Crippen LogP contribution in [0.2, 0.25) is 10.0 Å². The number of anilines is 1. The number of hydrogen-bond acceptors (Lipinski definition) is 6. The van der Waals surface area contributed by atoms with E-state index in [9.17, 15) is 22.8 Å². The average Bonchev–Trinajstić information content (AvgIpc) is 3.23. The highest BCUT2D eigenvalue weighted by Gasteiger charge is 2.49. The zero-order chi connectivity index (χ0) is 26.9. The van der Waals surface area contributed by atoms with Gasteiger partial charge in [-0.15, -0.1) is 0 Å². The van der Waals surface area contributed by atoms with Crippen molar-refractivity contribution in [2.24, 2.45) is 5.22 Å². The van der Waals surface area contributed by atoms with Crippen LogP contribution in [0.15, 0.2) is 47.7 Å². The highest BCUT2D eigenvalue weighted by molar-refractivity contribution is 6.42. The molecule has 0 fully saturated rings. The molecule has 1 atom stereocenters. The number of rotatable bonds is 4. The first kappa shape index (κ1) is 25.9. The fraction of sp³-hybridized carbons (Fsp3) is 0.182. The second-order valence-corrected chi connectivity index (χ2v) is 8.65. The maximum Gasteiger partial charge on any atom is 0.410 e. The summed E-state index contributed by atoms with van der Waals surface area (Å²) in [5, 5.41) is 18.7. The molecule has 15 heteroatoms. The topological polar surface area (TPSA) is 139 Å². The Morgan fingerprint density at radius 2 is 1.86 bits per heavy atom. The van der Waals surface area contributed by atoms with Crippen LogP contribution in [0.1, 0.15) is 21.6 Å². The van der Waals surface area contributed by atoms with Gasteiger partial charge in [0, 0.05) is 11.3 Å². The number of carbonyl (C=O) groups is 2. The lowest BCUT2D eigenvalue weighted by Crippen LogP contribution is -2.55. The number of alkyl halides is 3. The van der Waals surface area contributed by atoms with Gasteiger partial charge in [0.1, 0.15) is 11.7 Å². The van der Waals surface area contributed by atoms with Crippen molar-refractivity contribution in [3.05, 3.63) is 69.3 Å². The smallest absolute Gasteiger partial charge is 0.308 e. The third-order valence-corrected chi connectivity index (χ3v) is 6.32. The standard InChI is InChI=1S/C22H15Cl2F3N8O2/c23-14-6-3-12(7-15(14)24)19-18(20(36)31-33-29)16-9-34(17(22(25,26)27)10-35(16)32-19)21(37)30-13-4-1-11(8-28)2-5-13/h1-7,17H,9-10H2,(H,30,37)(H2,29,31,36). The van der Waals surface area contributed by atoms with Gasteiger partial charge in [-0.05, 0) is 36.4 Å². The predicted molar refractivity (Wildman–Crippen MR) is 126 cm³/mol. The van der Waals surface area contributed by atoms with Crippen LogP contribution in [0.5, 0.6) is 0 Å². The lowest BCUT2D eigenvalue weighted by Gasteiger charge is -2.37. The Bertz CT molecular complexity index is 1430. The van der Waals surface area contributed by atoms with Crippen molar-refractivity contribution in [3.8, 4) is 17.3 Å². The van der Waals surface area contributed by atoms with Gasteiger partial charge in [0.05, 0.1) is 46.0 Å². The van der Waals surface area contributed by atoms with Crippen molar-refractivity contribution in [2.45, 2.75) is 25.3 Å². The van der Waals surface area contributed by atoms with Crippen molar-refractivity contribution >= 4 is 40.8 Å². The molecule has 37 heavy (non-hydrogen) atoms. The van der Waals surface area contributed by atoms with E-state index in [0.717, 1.165) is 4.68 Å². The monoisotopic (exact) mass is 550 g/mol. The molecule has 10 nitrogen and oxygen atoms in total. The highest BCUT2D eigenvalue weighted by Crippen LogP contribution is 2.36. The maximum absolute atomic E-state index is 14.0. The first-order valence-corrected chi connectivity index (χ1v) is 11.2. The van der Waals surface area contributed by atoms with Crippen molar-refractivity contribution in [1.82, 2.24) is 20.1 Å². The van der Waals surface area contributed by atoms with Gasteiger partial charge in [-0.3, -0.25) is 9.48 Å². The normalized spacial score (nSPS) is 14.9. The highest BCUT2D eigenvalue weighted by atomic mass is 35.5. The zero-order valence-corrected chi connectivity index (χ0v) is 20.0. The third-order valence-electron chi connectivity index (χ3n) is 5.58. The molecular weight excluding hydrogens is 536 g/mol. The van der Waals surface area contributed by atoms with Gasteiger partial charge in [0.2, 0.25) is 0 Å². The summed E-state index contributed by atoms with van der Waals surface area (Å²) in [5.41, 5.74) is 9.47. The van der Waals surface area contributed by atoms with Crippen molar-refractivity contribution < 1.29 is 22.8 Å². The van der Waals surface area contributed by atoms with Crippen molar-refractivity contribution in [2.75, 3.05) is 5.32 Å². The van der Waals surface area contributed by atoms with E-state index in [1.807, 2.05) is 11.5 Å². The Labute approximate surface area is 217 Å². The minimum Gasteiger partial charge on any atom is -0.308 e. The van der Waals surface area contributed by atoms with E-state index in [1.54, 1.807) is 0 Å². The maximum atomic E-state index is 14.0. The fourth-order valence-electron chi connectivity index (χ4n) is 3.85. The number of nitrogens with zero attached hydrogens (tertiary/aromatic N) is 5. The number of urea groups is 1. The minimum absolute atomic E-state index is 0.00213. The number of halogens is 5. The van der Waals surface area contributed by atoms with Crippen molar-refractivity contribution in [3.63, 3.8) is 0 Å². The number of amides is 3. The summed E-state index contributed by atoms with van der Waals surface area (Å²) in [6, 6.07) is 8.43. The molecule has 3 N–H and O–H groups in total. The Kier molecular flexibility index (Phi) is 7.06. The Morgan fingerprint density at radius 3 is 2.46 bits per heavy atom. The lowest BCUT2D eigenvalue weighted by molar-refractivity contribution is -0.184. The van der Waals surface area contributed by atoms with Crippen LogP contribution >= 0.6 is 23.2 Å². The number of nitrogens with one attached hydrogen (secondary N) is 3. The van der Waals surface area contributed by atoms with Crippen molar-refractivity contribution in [1.29, 1.82) is 10.8 Å². The zero-order valence-electron chi connectivity index (χ0n) is 18.5. The molecule has 0 bridgehead atoms. The summed E-state index contributed by atoms with van der Waals surface area (Å²) in [7, 11) is 0. The summed E-state index contributed by atoms with van der Waals surface area (Å²) in [5.74, 6) is -0.907. The molecule has 0 saturated carbocycles. The first-order valence-electron chi connectivity index (χ1n) is 10.4. The summed E-state index contributed by atoms with van der Waals surface area (Å²) in [4.78, 5) is 26.4. The van der Waals surface area contributed by atoms with Crippen LogP contribution in [0.4, 0.5) is 23.7 Å². The molecule has 0 saturated heterocycles. The number of hydrogen-bond donors (Lipinski definition) is 3. The van der Waals surface area contributed by atoms with Gasteiger partial charge in [0.25, 0.3) is 5.91 Å². The molecular formula is C22H15Cl2F3N8O2. The van der Waals surface area contributed by atoms with E-state index >= 15 is 0 Å². The fourth-order valence-corrected chi connectivity index (χ4v) is 4.15. The molecule has 4 rings (SSSR count). The molecule has 1 unspecified atom stereocenters. The van der Waals surface area contributed by atoms with E-state index in [0.29, 0.717) is 10.5 Å². The van der Waals surface area contributed by atoms with Gasteiger partial charge >= 0.3 is 12.2 Å². The summed E-state index contributed by atoms with van der Waals surface area (Å²) < 4.78 is 43.1. The van der Waals surface area contributed by atoms with E-state index in [4.69, 9.17) is 34.0 Å². The van der Waals surface area contributed by atoms with Crippen LogP contribution in [-0.4, -0.2) is 38.8 Å². The van der Waals surface area contributed by atoms with Gasteiger partial charge in [-0.2, -0.15) is 29.1 Å². The quantitative estimate of drug-likeness (QED) is 0.296. The molecule has 3 amide bonds. The Hall–Kier alpha value is -4.15. The molecule has 1 aliphatic heterocycles. The number of carbonyl (C=O) groups excluding carboxylic acids is 2. The van der Waals surface area contributed by atoms with Crippen LogP contribution in [-0.2, 0) is 13.1 Å². The number of aromatic nitrogens is 2. The molecule has 0 aliphatic carbocycles. The molecule has 1 aromatic heterocycles. The molecule has 0 radical (unpaired) electrons.